The van der Waals surface area contributed by atoms with Crippen LogP contribution in [0.25, 0.3) is 0 Å². The molecule has 0 radical (unpaired) electrons. The van der Waals surface area contributed by atoms with Crippen molar-refractivity contribution in [2.24, 2.45) is 23.2 Å². The number of ketones is 1. The Morgan fingerprint density at radius 2 is 2.08 bits per heavy atom. The van der Waals surface area contributed by atoms with Gasteiger partial charge in [0.15, 0.2) is 0 Å². The lowest BCUT2D eigenvalue weighted by molar-refractivity contribution is -0.137. The van der Waals surface area contributed by atoms with Gasteiger partial charge in [-0.2, -0.15) is 0 Å². The average molecular weight is 326 g/mol. The second kappa shape index (κ2) is 5.72. The van der Waals surface area contributed by atoms with E-state index in [0.29, 0.717) is 36.4 Å². The Morgan fingerprint density at radius 3 is 2.88 bits per heavy atom. The number of Topliss-reactive ketones (excluding diaryl/α,β-unsaturated/α-hetero) is 1. The van der Waals surface area contributed by atoms with Crippen molar-refractivity contribution in [1.82, 2.24) is 0 Å². The van der Waals surface area contributed by atoms with Crippen LogP contribution in [0.2, 0.25) is 0 Å². The Kier molecular flexibility index (Phi) is 3.78. The molecule has 0 amide bonds. The Balaban J connectivity index is 1.67. The van der Waals surface area contributed by atoms with Gasteiger partial charge in [-0.05, 0) is 66.9 Å². The summed E-state index contributed by atoms with van der Waals surface area (Å²) in [6.45, 7) is 2.16. The van der Waals surface area contributed by atoms with Gasteiger partial charge in [-0.1, -0.05) is 31.2 Å². The van der Waals surface area contributed by atoms with Crippen molar-refractivity contribution < 1.29 is 14.7 Å². The molecule has 3 heteroatoms. The molecule has 1 N–H and O–H groups in total. The van der Waals surface area contributed by atoms with Crippen molar-refractivity contribution in [1.29, 1.82) is 0 Å². The van der Waals surface area contributed by atoms with E-state index in [1.54, 1.807) is 0 Å². The zero-order chi connectivity index (χ0) is 16.9. The van der Waals surface area contributed by atoms with Gasteiger partial charge in [0.25, 0.3) is 0 Å². The number of carboxylic acid groups (broad SMARTS) is 1. The quantitative estimate of drug-likeness (QED) is 0.905. The maximum atomic E-state index is 12.8. The number of carboxylic acids is 1. The van der Waals surface area contributed by atoms with Crippen LogP contribution in [0, 0.1) is 23.2 Å². The van der Waals surface area contributed by atoms with E-state index >= 15 is 0 Å². The summed E-state index contributed by atoms with van der Waals surface area (Å²) < 4.78 is 0. The summed E-state index contributed by atoms with van der Waals surface area (Å²) in [5.74, 6) is 1.39. The lowest BCUT2D eigenvalue weighted by Gasteiger charge is -2.50. The van der Waals surface area contributed by atoms with Crippen molar-refractivity contribution in [2.45, 2.75) is 57.8 Å². The van der Waals surface area contributed by atoms with Crippen LogP contribution in [0.4, 0.5) is 0 Å². The number of benzene rings is 1. The molecular weight excluding hydrogens is 300 g/mol. The number of rotatable bonds is 3. The summed E-state index contributed by atoms with van der Waals surface area (Å²) in [6.07, 6.45) is 5.77. The minimum absolute atomic E-state index is 0.193. The van der Waals surface area contributed by atoms with E-state index in [1.807, 2.05) is 0 Å². The third kappa shape index (κ3) is 2.32. The van der Waals surface area contributed by atoms with E-state index in [0.717, 1.165) is 25.7 Å². The summed E-state index contributed by atoms with van der Waals surface area (Å²) in [5.41, 5.74) is 2.76. The number of hydrogen-bond donors (Lipinski definition) is 1. The summed E-state index contributed by atoms with van der Waals surface area (Å²) >= 11 is 0. The molecule has 4 rings (SSSR count). The highest BCUT2D eigenvalue weighted by Crippen LogP contribution is 2.62. The second-order valence-corrected chi connectivity index (χ2v) is 8.31. The van der Waals surface area contributed by atoms with Gasteiger partial charge in [0.2, 0.25) is 0 Å². The molecule has 0 bridgehead atoms. The number of aryl methyl sites for hydroxylation is 1. The van der Waals surface area contributed by atoms with Gasteiger partial charge in [-0.3, -0.25) is 9.59 Å². The van der Waals surface area contributed by atoms with E-state index in [-0.39, 0.29) is 17.8 Å². The molecule has 3 aliphatic carbocycles. The highest BCUT2D eigenvalue weighted by molar-refractivity contribution is 5.87. The van der Waals surface area contributed by atoms with Gasteiger partial charge in [0.1, 0.15) is 5.78 Å². The maximum absolute atomic E-state index is 12.8. The first-order valence-electron chi connectivity index (χ1n) is 9.33. The molecule has 0 aliphatic heterocycles. The minimum atomic E-state index is -0.739. The fourth-order valence-electron chi connectivity index (χ4n) is 6.16. The van der Waals surface area contributed by atoms with Crippen LogP contribution in [0.5, 0.6) is 0 Å². The molecular formula is C21H26O3. The minimum Gasteiger partial charge on any atom is -0.481 e. The predicted molar refractivity (Wildman–Crippen MR) is 91.8 cm³/mol. The number of aliphatic carboxylic acids is 1. The Hall–Kier alpha value is -1.64. The third-order valence-corrected chi connectivity index (χ3v) is 7.21. The largest absolute Gasteiger partial charge is 0.481 e. The van der Waals surface area contributed by atoms with Crippen molar-refractivity contribution in [2.75, 3.05) is 0 Å². The predicted octanol–water partition coefficient (Wildman–Crippen LogP) is 4.20. The fraction of sp³-hybridized carbons (Fsp3) is 0.619. The van der Waals surface area contributed by atoms with Crippen LogP contribution in [-0.4, -0.2) is 16.9 Å². The van der Waals surface area contributed by atoms with Crippen LogP contribution < -0.4 is 0 Å². The molecule has 0 aromatic heterocycles. The van der Waals surface area contributed by atoms with Crippen LogP contribution in [-0.2, 0) is 16.0 Å². The maximum Gasteiger partial charge on any atom is 0.303 e. The lowest BCUT2D eigenvalue weighted by Crippen LogP contribution is -2.44. The number of fused-ring (bicyclic) bond motifs is 5. The highest BCUT2D eigenvalue weighted by atomic mass is 16.4. The van der Waals surface area contributed by atoms with Crippen LogP contribution in [0.15, 0.2) is 24.3 Å². The van der Waals surface area contributed by atoms with Gasteiger partial charge < -0.3 is 5.11 Å². The van der Waals surface area contributed by atoms with Gasteiger partial charge in [-0.25, -0.2) is 0 Å². The SMILES string of the molecule is C[C@]12CCC3c4ccccc4CCC3C1[C@H](CCC(=O)O)CC2=O. The first-order chi connectivity index (χ1) is 11.5. The second-order valence-electron chi connectivity index (χ2n) is 8.31. The number of carbonyl (C=O) groups is 2. The van der Waals surface area contributed by atoms with Crippen LogP contribution >= 0.6 is 0 Å². The molecule has 3 aliphatic rings. The van der Waals surface area contributed by atoms with Crippen molar-refractivity contribution in [3.8, 4) is 0 Å². The molecule has 128 valence electrons. The van der Waals surface area contributed by atoms with E-state index in [2.05, 4.69) is 31.2 Å². The van der Waals surface area contributed by atoms with Crippen LogP contribution in [0.3, 0.4) is 0 Å². The molecule has 3 unspecified atom stereocenters. The zero-order valence-corrected chi connectivity index (χ0v) is 14.3. The first kappa shape index (κ1) is 15.9. The zero-order valence-electron chi connectivity index (χ0n) is 14.3. The number of hydrogen-bond acceptors (Lipinski definition) is 2. The summed E-state index contributed by atoms with van der Waals surface area (Å²) in [4.78, 5) is 23.8. The molecule has 1 aromatic rings. The smallest absolute Gasteiger partial charge is 0.303 e. The van der Waals surface area contributed by atoms with Crippen molar-refractivity contribution >= 4 is 11.8 Å². The topological polar surface area (TPSA) is 54.4 Å². The molecule has 24 heavy (non-hydrogen) atoms. The Labute approximate surface area is 143 Å². The fourth-order valence-corrected chi connectivity index (χ4v) is 6.16. The Morgan fingerprint density at radius 1 is 1.29 bits per heavy atom. The molecule has 2 saturated carbocycles. The van der Waals surface area contributed by atoms with Gasteiger partial charge in [0.05, 0.1) is 0 Å². The Bertz CT molecular complexity index is 679. The first-order valence-corrected chi connectivity index (χ1v) is 9.33. The van der Waals surface area contributed by atoms with Crippen molar-refractivity contribution in [3.63, 3.8) is 0 Å². The van der Waals surface area contributed by atoms with E-state index in [9.17, 15) is 9.59 Å². The average Bonchev–Trinajstić information content (AvgIpc) is 2.83. The van der Waals surface area contributed by atoms with Gasteiger partial charge in [0, 0.05) is 18.3 Å². The molecule has 3 nitrogen and oxygen atoms in total. The number of carbonyl (C=O) groups excluding carboxylic acids is 1. The van der Waals surface area contributed by atoms with Gasteiger partial charge >= 0.3 is 5.97 Å². The van der Waals surface area contributed by atoms with E-state index in [4.69, 9.17) is 5.11 Å². The van der Waals surface area contributed by atoms with Crippen molar-refractivity contribution in [3.05, 3.63) is 35.4 Å². The lowest BCUT2D eigenvalue weighted by atomic mass is 9.54. The normalized spacial score (nSPS) is 37.5. The molecule has 5 atom stereocenters. The third-order valence-electron chi connectivity index (χ3n) is 7.21. The molecule has 2 fully saturated rings. The summed E-state index contributed by atoms with van der Waals surface area (Å²) in [7, 11) is 0. The van der Waals surface area contributed by atoms with E-state index in [1.165, 1.54) is 11.1 Å². The summed E-state index contributed by atoms with van der Waals surface area (Å²) in [5, 5.41) is 9.08. The monoisotopic (exact) mass is 326 g/mol. The molecule has 0 saturated heterocycles. The highest BCUT2D eigenvalue weighted by Gasteiger charge is 2.58. The molecule has 0 spiro atoms. The molecule has 0 heterocycles. The van der Waals surface area contributed by atoms with E-state index < -0.39 is 5.97 Å². The molecule has 1 aromatic carbocycles. The summed E-state index contributed by atoms with van der Waals surface area (Å²) in [6, 6.07) is 8.79. The van der Waals surface area contributed by atoms with Gasteiger partial charge in [-0.15, -0.1) is 0 Å². The standard InChI is InChI=1S/C21H26O3/c1-21-11-10-16-15-5-3-2-4-13(15)6-8-17(16)20(21)14(12-18(21)22)7-9-19(23)24/h2-5,14,16-17,20H,6-12H2,1H3,(H,23,24)/t14-,16?,17?,20?,21-/m1/s1. The van der Waals surface area contributed by atoms with Crippen LogP contribution in [0.1, 0.15) is 62.5 Å².